The van der Waals surface area contributed by atoms with E-state index in [1.165, 1.54) is 0 Å². The third-order valence-electron chi connectivity index (χ3n) is 4.50. The minimum Gasteiger partial charge on any atom is -0.493 e. The van der Waals surface area contributed by atoms with Gasteiger partial charge in [-0.05, 0) is 44.9 Å². The second-order valence-electron chi connectivity index (χ2n) is 6.79. The number of hydrogen-bond donors (Lipinski definition) is 3. The van der Waals surface area contributed by atoms with Crippen LogP contribution in [0.25, 0.3) is 5.69 Å². The number of benzene rings is 2. The smallest absolute Gasteiger partial charge is 0.335 e. The van der Waals surface area contributed by atoms with Crippen LogP contribution in [-0.4, -0.2) is 20.4 Å². The van der Waals surface area contributed by atoms with Crippen molar-refractivity contribution in [1.82, 2.24) is 9.55 Å². The quantitative estimate of drug-likeness (QED) is 0.624. The first kappa shape index (κ1) is 18.4. The average Bonchev–Trinajstić information content (AvgIpc) is 2.56. The van der Waals surface area contributed by atoms with E-state index in [1.54, 1.807) is 18.2 Å². The van der Waals surface area contributed by atoms with Crippen LogP contribution >= 0.6 is 0 Å². The zero-order chi connectivity index (χ0) is 19.9. The lowest BCUT2D eigenvalue weighted by Crippen LogP contribution is -2.34. The molecule has 0 saturated carbocycles. The third kappa shape index (κ3) is 3.21. The van der Waals surface area contributed by atoms with Crippen molar-refractivity contribution in [3.63, 3.8) is 0 Å². The molecular weight excluding hydrogens is 342 g/mol. The van der Waals surface area contributed by atoms with Crippen molar-refractivity contribution in [3.8, 4) is 11.6 Å². The molecule has 27 heavy (non-hydrogen) atoms. The van der Waals surface area contributed by atoms with Crippen molar-refractivity contribution >= 4 is 5.71 Å². The summed E-state index contributed by atoms with van der Waals surface area (Å²) in [6, 6.07) is 10.9. The summed E-state index contributed by atoms with van der Waals surface area (Å²) in [5.74, 6) is -0.537. The SMILES string of the molecule is Cc1cccc(C(=N)c2c(O)n(-c3c(C)cc(C)cc3C)c(=O)[nH]c2=O)c1. The highest BCUT2D eigenvalue weighted by atomic mass is 16.3. The Hall–Kier alpha value is -3.41. The number of aromatic hydroxyl groups is 1. The predicted octanol–water partition coefficient (Wildman–Crippen LogP) is 2.88. The Balaban J connectivity index is 2.32. The maximum Gasteiger partial charge on any atom is 0.335 e. The molecule has 0 unspecified atom stereocenters. The molecule has 0 aliphatic rings. The van der Waals surface area contributed by atoms with Crippen LogP contribution in [0.15, 0.2) is 46.0 Å². The van der Waals surface area contributed by atoms with Gasteiger partial charge in [0.1, 0.15) is 5.56 Å². The van der Waals surface area contributed by atoms with Gasteiger partial charge < -0.3 is 5.11 Å². The van der Waals surface area contributed by atoms with Gasteiger partial charge in [0.15, 0.2) is 0 Å². The van der Waals surface area contributed by atoms with E-state index in [0.29, 0.717) is 11.3 Å². The molecule has 2 aromatic carbocycles. The molecule has 0 atom stereocenters. The highest BCUT2D eigenvalue weighted by Gasteiger charge is 2.22. The lowest BCUT2D eigenvalue weighted by atomic mass is 10.0. The Bertz CT molecular complexity index is 1160. The Morgan fingerprint density at radius 2 is 1.63 bits per heavy atom. The fourth-order valence-electron chi connectivity index (χ4n) is 3.43. The van der Waals surface area contributed by atoms with E-state index in [1.807, 2.05) is 45.9 Å². The molecule has 0 aliphatic carbocycles. The van der Waals surface area contributed by atoms with E-state index in [0.717, 1.165) is 26.8 Å². The molecule has 0 aliphatic heterocycles. The molecule has 3 N–H and O–H groups in total. The number of H-pyrrole nitrogens is 1. The Morgan fingerprint density at radius 1 is 1.00 bits per heavy atom. The summed E-state index contributed by atoms with van der Waals surface area (Å²) in [5.41, 5.74) is 2.58. The molecule has 1 aromatic heterocycles. The van der Waals surface area contributed by atoms with E-state index < -0.39 is 17.1 Å². The molecule has 3 aromatic rings. The fraction of sp³-hybridized carbons (Fsp3) is 0.190. The first-order valence-electron chi connectivity index (χ1n) is 8.53. The molecule has 1 heterocycles. The summed E-state index contributed by atoms with van der Waals surface area (Å²) in [5, 5.41) is 19.3. The van der Waals surface area contributed by atoms with Gasteiger partial charge in [0.05, 0.1) is 11.4 Å². The summed E-state index contributed by atoms with van der Waals surface area (Å²) in [6.45, 7) is 7.48. The number of aromatic nitrogens is 2. The van der Waals surface area contributed by atoms with Crippen molar-refractivity contribution in [1.29, 1.82) is 5.41 Å². The van der Waals surface area contributed by atoms with Crippen molar-refractivity contribution < 1.29 is 5.11 Å². The van der Waals surface area contributed by atoms with Gasteiger partial charge in [-0.25, -0.2) is 9.36 Å². The Morgan fingerprint density at radius 3 is 2.22 bits per heavy atom. The largest absolute Gasteiger partial charge is 0.493 e. The summed E-state index contributed by atoms with van der Waals surface area (Å²) >= 11 is 0. The monoisotopic (exact) mass is 363 g/mol. The van der Waals surface area contributed by atoms with Gasteiger partial charge in [-0.2, -0.15) is 0 Å². The molecule has 0 fully saturated rings. The molecule has 0 saturated heterocycles. The summed E-state index contributed by atoms with van der Waals surface area (Å²) in [4.78, 5) is 27.1. The minimum atomic E-state index is -0.789. The highest BCUT2D eigenvalue weighted by Crippen LogP contribution is 2.25. The maximum atomic E-state index is 12.5. The predicted molar refractivity (Wildman–Crippen MR) is 106 cm³/mol. The molecule has 0 radical (unpaired) electrons. The van der Waals surface area contributed by atoms with Crippen LogP contribution in [0.2, 0.25) is 0 Å². The number of nitrogens with one attached hydrogen (secondary N) is 2. The Kier molecular flexibility index (Phi) is 4.57. The van der Waals surface area contributed by atoms with Crippen molar-refractivity contribution in [3.05, 3.63) is 90.6 Å². The molecule has 6 heteroatoms. The summed E-state index contributed by atoms with van der Waals surface area (Å²) in [6.07, 6.45) is 0. The minimum absolute atomic E-state index is 0.145. The maximum absolute atomic E-state index is 12.5. The van der Waals surface area contributed by atoms with Gasteiger partial charge in [0.25, 0.3) is 5.56 Å². The standard InChI is InChI=1S/C21H21N3O3/c1-11-6-5-7-15(10-11)17(22)16-19(25)23-21(27)24(20(16)26)18-13(3)8-12(2)9-14(18)4/h5-10,22,26H,1-4H3,(H,23,25,27). The van der Waals surface area contributed by atoms with Gasteiger partial charge in [0.2, 0.25) is 5.88 Å². The van der Waals surface area contributed by atoms with Crippen molar-refractivity contribution in [2.75, 3.05) is 0 Å². The van der Waals surface area contributed by atoms with Crippen LogP contribution in [0.4, 0.5) is 0 Å². The van der Waals surface area contributed by atoms with Crippen LogP contribution in [0, 0.1) is 33.1 Å². The van der Waals surface area contributed by atoms with Crippen molar-refractivity contribution in [2.45, 2.75) is 27.7 Å². The van der Waals surface area contributed by atoms with E-state index in [4.69, 9.17) is 5.41 Å². The van der Waals surface area contributed by atoms with Crippen molar-refractivity contribution in [2.24, 2.45) is 0 Å². The molecule has 0 spiro atoms. The molecular formula is C21H21N3O3. The molecule has 138 valence electrons. The first-order valence-corrected chi connectivity index (χ1v) is 8.53. The van der Waals surface area contributed by atoms with Crippen LogP contribution in [0.3, 0.4) is 0 Å². The van der Waals surface area contributed by atoms with Gasteiger partial charge in [0, 0.05) is 5.56 Å². The van der Waals surface area contributed by atoms with E-state index >= 15 is 0 Å². The molecule has 0 bridgehead atoms. The van der Waals surface area contributed by atoms with Gasteiger partial charge in [-0.1, -0.05) is 41.5 Å². The van der Waals surface area contributed by atoms with Crippen LogP contribution in [-0.2, 0) is 0 Å². The number of rotatable bonds is 3. The van der Waals surface area contributed by atoms with Crippen LogP contribution in [0.5, 0.6) is 5.88 Å². The number of hydrogen-bond acceptors (Lipinski definition) is 4. The fourth-order valence-corrected chi connectivity index (χ4v) is 3.43. The first-order chi connectivity index (χ1) is 12.7. The van der Waals surface area contributed by atoms with E-state index in [9.17, 15) is 14.7 Å². The molecule has 6 nitrogen and oxygen atoms in total. The zero-order valence-electron chi connectivity index (χ0n) is 15.7. The third-order valence-corrected chi connectivity index (χ3v) is 4.50. The number of nitrogens with zero attached hydrogens (tertiary/aromatic N) is 1. The lowest BCUT2D eigenvalue weighted by Gasteiger charge is -2.17. The lowest BCUT2D eigenvalue weighted by molar-refractivity contribution is 0.429. The number of aromatic amines is 1. The topological polar surface area (TPSA) is 98.9 Å². The second kappa shape index (κ2) is 6.72. The van der Waals surface area contributed by atoms with E-state index in [-0.39, 0.29) is 11.3 Å². The van der Waals surface area contributed by atoms with Gasteiger partial charge in [-0.15, -0.1) is 0 Å². The number of aryl methyl sites for hydroxylation is 4. The molecule has 3 rings (SSSR count). The van der Waals surface area contributed by atoms with Crippen LogP contribution < -0.4 is 11.2 Å². The summed E-state index contributed by atoms with van der Waals surface area (Å²) < 4.78 is 1.06. The zero-order valence-corrected chi connectivity index (χ0v) is 15.7. The normalized spacial score (nSPS) is 10.8. The second-order valence-corrected chi connectivity index (χ2v) is 6.79. The highest BCUT2D eigenvalue weighted by molar-refractivity contribution is 6.12. The van der Waals surface area contributed by atoms with Crippen LogP contribution in [0.1, 0.15) is 33.4 Å². The van der Waals surface area contributed by atoms with Gasteiger partial charge in [-0.3, -0.25) is 15.2 Å². The van der Waals surface area contributed by atoms with E-state index in [2.05, 4.69) is 4.98 Å². The molecule has 0 amide bonds. The Labute approximate surface area is 156 Å². The summed E-state index contributed by atoms with van der Waals surface area (Å²) in [7, 11) is 0. The van der Waals surface area contributed by atoms with Gasteiger partial charge >= 0.3 is 5.69 Å². The average molecular weight is 363 g/mol.